The monoisotopic (exact) mass is 438 g/mol. The van der Waals surface area contributed by atoms with E-state index < -0.39 is 0 Å². The number of aliphatic imine (C=N–C) groups is 2. The van der Waals surface area contributed by atoms with Crippen molar-refractivity contribution in [1.29, 1.82) is 0 Å². The zero-order valence-electron chi connectivity index (χ0n) is 15.7. The van der Waals surface area contributed by atoms with Gasteiger partial charge in [-0.1, -0.05) is 69.2 Å². The minimum atomic E-state index is 0. The number of benzene rings is 2. The summed E-state index contributed by atoms with van der Waals surface area (Å²) in [6, 6.07) is 20.3. The standard InChI is InChI=1S/C23H28N2.Pd/c1-3-5-9-19-23(25-21-16-12-8-13-17-21)22(18-6-4-2)24-20-14-10-7-11-15-20;/h7-17,19H,3-6,18H2,1-2H3;/b19-9+,24-22?,25-23?;. The average Bonchev–Trinajstić information content (AvgIpc) is 2.66. The summed E-state index contributed by atoms with van der Waals surface area (Å²) in [4.78, 5) is 9.78. The topological polar surface area (TPSA) is 24.7 Å². The quantitative estimate of drug-likeness (QED) is 0.295. The van der Waals surface area contributed by atoms with Gasteiger partial charge in [0.15, 0.2) is 0 Å². The van der Waals surface area contributed by atoms with Crippen LogP contribution in [0, 0.1) is 0 Å². The molecule has 26 heavy (non-hydrogen) atoms. The Hall–Kier alpha value is -1.82. The number of unbranched alkanes of at least 4 members (excludes halogenated alkanes) is 2. The van der Waals surface area contributed by atoms with Crippen molar-refractivity contribution in [2.45, 2.75) is 46.0 Å². The third-order valence-electron chi connectivity index (χ3n) is 3.82. The summed E-state index contributed by atoms with van der Waals surface area (Å²) in [6.45, 7) is 4.40. The third-order valence-corrected chi connectivity index (χ3v) is 3.82. The molecule has 2 nitrogen and oxygen atoms in total. The molecule has 0 bridgehead atoms. The number of allylic oxidation sites excluding steroid dienone is 2. The zero-order chi connectivity index (χ0) is 17.7. The van der Waals surface area contributed by atoms with Crippen LogP contribution < -0.4 is 0 Å². The van der Waals surface area contributed by atoms with Gasteiger partial charge in [0.2, 0.25) is 0 Å². The Balaban J connectivity index is 0.00000338. The second-order valence-electron chi connectivity index (χ2n) is 6.02. The van der Waals surface area contributed by atoms with E-state index in [1.807, 2.05) is 60.7 Å². The average molecular weight is 439 g/mol. The molecule has 0 aromatic heterocycles. The number of hydrogen-bond donors (Lipinski definition) is 0. The summed E-state index contributed by atoms with van der Waals surface area (Å²) in [7, 11) is 0. The molecular formula is C23H28N2Pd. The van der Waals surface area contributed by atoms with Crippen molar-refractivity contribution < 1.29 is 20.4 Å². The fraction of sp³-hybridized carbons (Fsp3) is 0.304. The molecule has 0 saturated carbocycles. The fourth-order valence-electron chi connectivity index (χ4n) is 2.45. The van der Waals surface area contributed by atoms with Crippen molar-refractivity contribution in [2.24, 2.45) is 9.98 Å². The summed E-state index contributed by atoms with van der Waals surface area (Å²) in [6.07, 6.45) is 9.72. The first-order valence-corrected chi connectivity index (χ1v) is 9.26. The number of nitrogens with zero attached hydrogens (tertiary/aromatic N) is 2. The molecule has 0 fully saturated rings. The van der Waals surface area contributed by atoms with Crippen molar-refractivity contribution >= 4 is 22.8 Å². The van der Waals surface area contributed by atoms with E-state index in [2.05, 4.69) is 26.0 Å². The van der Waals surface area contributed by atoms with Gasteiger partial charge < -0.3 is 0 Å². The van der Waals surface area contributed by atoms with Crippen LogP contribution in [0.5, 0.6) is 0 Å². The van der Waals surface area contributed by atoms with E-state index in [0.29, 0.717) is 0 Å². The Morgan fingerprint density at radius 3 is 1.92 bits per heavy atom. The zero-order valence-corrected chi connectivity index (χ0v) is 17.2. The van der Waals surface area contributed by atoms with Gasteiger partial charge in [-0.25, -0.2) is 4.99 Å². The van der Waals surface area contributed by atoms with Gasteiger partial charge in [-0.05, 0) is 49.6 Å². The number of rotatable bonds is 9. The fourth-order valence-corrected chi connectivity index (χ4v) is 2.45. The van der Waals surface area contributed by atoms with Crippen LogP contribution in [0.2, 0.25) is 0 Å². The molecule has 2 rings (SSSR count). The van der Waals surface area contributed by atoms with Crippen molar-refractivity contribution in [3.05, 3.63) is 72.8 Å². The Labute approximate surface area is 171 Å². The Bertz CT molecular complexity index is 704. The number of hydrogen-bond acceptors (Lipinski definition) is 2. The molecule has 0 aliphatic heterocycles. The summed E-state index contributed by atoms with van der Waals surface area (Å²) in [5.41, 5.74) is 3.98. The third kappa shape index (κ3) is 8.04. The molecule has 2 aromatic carbocycles. The van der Waals surface area contributed by atoms with Crippen LogP contribution >= 0.6 is 0 Å². The predicted molar refractivity (Wildman–Crippen MR) is 111 cm³/mol. The summed E-state index contributed by atoms with van der Waals surface area (Å²) in [5.74, 6) is 0. The van der Waals surface area contributed by atoms with Crippen LogP contribution in [0.25, 0.3) is 0 Å². The second-order valence-corrected chi connectivity index (χ2v) is 6.02. The minimum absolute atomic E-state index is 0. The molecule has 0 spiro atoms. The van der Waals surface area contributed by atoms with Crippen LogP contribution in [-0.4, -0.2) is 11.4 Å². The van der Waals surface area contributed by atoms with Crippen molar-refractivity contribution in [3.63, 3.8) is 0 Å². The van der Waals surface area contributed by atoms with Crippen molar-refractivity contribution in [2.75, 3.05) is 0 Å². The van der Waals surface area contributed by atoms with E-state index in [9.17, 15) is 0 Å². The molecule has 3 heteroatoms. The first-order valence-electron chi connectivity index (χ1n) is 9.26. The summed E-state index contributed by atoms with van der Waals surface area (Å²) in [5, 5.41) is 0. The predicted octanol–water partition coefficient (Wildman–Crippen LogP) is 7.08. The normalized spacial score (nSPS) is 12.2. The molecule has 0 saturated heterocycles. The van der Waals surface area contributed by atoms with Gasteiger partial charge >= 0.3 is 0 Å². The molecule has 0 radical (unpaired) electrons. The molecule has 140 valence electrons. The van der Waals surface area contributed by atoms with E-state index in [4.69, 9.17) is 9.98 Å². The molecule has 0 unspecified atom stereocenters. The molecule has 0 heterocycles. The maximum absolute atomic E-state index is 4.91. The van der Waals surface area contributed by atoms with Crippen LogP contribution in [-0.2, 0) is 20.4 Å². The Morgan fingerprint density at radius 1 is 0.808 bits per heavy atom. The van der Waals surface area contributed by atoms with Gasteiger partial charge in [0.1, 0.15) is 0 Å². The van der Waals surface area contributed by atoms with Gasteiger partial charge in [0.05, 0.1) is 22.8 Å². The van der Waals surface area contributed by atoms with Gasteiger partial charge in [-0.2, -0.15) is 0 Å². The maximum Gasteiger partial charge on any atom is 0.0848 e. The van der Waals surface area contributed by atoms with Gasteiger partial charge in [0.25, 0.3) is 0 Å². The van der Waals surface area contributed by atoms with E-state index in [-0.39, 0.29) is 20.4 Å². The minimum Gasteiger partial charge on any atom is -0.251 e. The largest absolute Gasteiger partial charge is 0.251 e. The molecule has 0 aliphatic rings. The van der Waals surface area contributed by atoms with Crippen molar-refractivity contribution in [1.82, 2.24) is 0 Å². The van der Waals surface area contributed by atoms with Crippen LogP contribution in [0.4, 0.5) is 11.4 Å². The van der Waals surface area contributed by atoms with E-state index in [0.717, 1.165) is 54.9 Å². The van der Waals surface area contributed by atoms with Crippen molar-refractivity contribution in [3.8, 4) is 0 Å². The maximum atomic E-state index is 4.91. The first kappa shape index (κ1) is 22.2. The van der Waals surface area contributed by atoms with Crippen LogP contribution in [0.15, 0.2) is 82.8 Å². The molecule has 0 atom stereocenters. The molecule has 2 aromatic rings. The molecular weight excluding hydrogens is 411 g/mol. The summed E-state index contributed by atoms with van der Waals surface area (Å²) < 4.78 is 0. The van der Waals surface area contributed by atoms with Crippen LogP contribution in [0.1, 0.15) is 46.0 Å². The first-order chi connectivity index (χ1) is 12.3. The van der Waals surface area contributed by atoms with Gasteiger partial charge in [-0.15, -0.1) is 0 Å². The van der Waals surface area contributed by atoms with Gasteiger partial charge in [-0.3, -0.25) is 4.99 Å². The summed E-state index contributed by atoms with van der Waals surface area (Å²) >= 11 is 0. The van der Waals surface area contributed by atoms with E-state index >= 15 is 0 Å². The SMILES string of the molecule is CCC/C=C/C(=Nc1ccccc1)C(CCCC)=Nc1ccccc1.[Pd]. The molecule has 0 N–H and O–H groups in total. The van der Waals surface area contributed by atoms with E-state index in [1.165, 1.54) is 0 Å². The number of para-hydroxylation sites is 2. The smallest absolute Gasteiger partial charge is 0.0848 e. The molecule has 0 aliphatic carbocycles. The van der Waals surface area contributed by atoms with E-state index in [1.54, 1.807) is 0 Å². The van der Waals surface area contributed by atoms with Crippen LogP contribution in [0.3, 0.4) is 0 Å². The Kier molecular flexibility index (Phi) is 11.4. The second kappa shape index (κ2) is 13.4. The Morgan fingerprint density at radius 2 is 1.38 bits per heavy atom. The van der Waals surface area contributed by atoms with Gasteiger partial charge in [0, 0.05) is 20.4 Å². The molecule has 0 amide bonds.